The van der Waals surface area contributed by atoms with Crippen LogP contribution in [-0.4, -0.2) is 32.0 Å². The van der Waals surface area contributed by atoms with Crippen molar-refractivity contribution < 1.29 is 4.79 Å². The van der Waals surface area contributed by atoms with Crippen molar-refractivity contribution in [3.63, 3.8) is 0 Å². The van der Waals surface area contributed by atoms with E-state index >= 15 is 0 Å². The van der Waals surface area contributed by atoms with Crippen LogP contribution in [0.3, 0.4) is 0 Å². The first kappa shape index (κ1) is 28.6. The fraction of sp³-hybridized carbons (Fsp3) is 0.250. The number of carbonyl (C=O) groups is 1. The van der Waals surface area contributed by atoms with Crippen molar-refractivity contribution in [2.24, 2.45) is 0 Å². The van der Waals surface area contributed by atoms with E-state index in [-0.39, 0.29) is 18.0 Å². The molecule has 218 valence electrons. The molecule has 5 aromatic rings. The molecule has 0 unspecified atom stereocenters. The predicted octanol–water partition coefficient (Wildman–Crippen LogP) is 7.51. The van der Waals surface area contributed by atoms with Gasteiger partial charge in [-0.15, -0.1) is 0 Å². The third-order valence-electron chi connectivity index (χ3n) is 8.56. The first-order valence-electron chi connectivity index (χ1n) is 14.9. The lowest BCUT2D eigenvalue weighted by Crippen LogP contribution is -2.33. The highest BCUT2D eigenvalue weighted by molar-refractivity contribution is 7.80. The van der Waals surface area contributed by atoms with Crippen LogP contribution in [0.15, 0.2) is 91.1 Å². The Morgan fingerprint density at radius 3 is 2.53 bits per heavy atom. The van der Waals surface area contributed by atoms with Gasteiger partial charge in [-0.05, 0) is 85.8 Å². The van der Waals surface area contributed by atoms with Gasteiger partial charge >= 0.3 is 0 Å². The Hall–Kier alpha value is -4.49. The number of aromatic nitrogens is 2. The van der Waals surface area contributed by atoms with Gasteiger partial charge in [0.25, 0.3) is 0 Å². The molecule has 1 amide bonds. The third kappa shape index (κ3) is 5.41. The van der Waals surface area contributed by atoms with Crippen molar-refractivity contribution in [1.29, 1.82) is 0 Å². The standard InChI is InChI=1S/C36H37N5OS/c1-5-26-14-10-12-23(2)34(26)41-24(3)22-29(25(41)4)35-33(31-17-8-9-20-37-31)39-36(43)40(35)21-19-32(42)38-30-18-11-15-27-13-6-7-16-28(27)30/h6-18,20,22,33,35H,5,19,21H2,1-4H3,(H,38,42)(H,39,43)/t33-,35+/m0/s1. The number of rotatable bonds is 8. The Morgan fingerprint density at radius 2 is 1.74 bits per heavy atom. The van der Waals surface area contributed by atoms with Gasteiger partial charge < -0.3 is 20.1 Å². The minimum absolute atomic E-state index is 0.0443. The Labute approximate surface area is 258 Å². The number of para-hydroxylation sites is 1. The molecule has 0 bridgehead atoms. The zero-order valence-corrected chi connectivity index (χ0v) is 25.9. The molecule has 7 heteroatoms. The smallest absolute Gasteiger partial charge is 0.226 e. The van der Waals surface area contributed by atoms with Crippen molar-refractivity contribution in [3.05, 3.63) is 125 Å². The van der Waals surface area contributed by atoms with Gasteiger partial charge in [0.2, 0.25) is 5.91 Å². The van der Waals surface area contributed by atoms with Crippen LogP contribution < -0.4 is 10.6 Å². The molecule has 3 heterocycles. The van der Waals surface area contributed by atoms with Crippen LogP contribution >= 0.6 is 12.2 Å². The number of hydrogen-bond acceptors (Lipinski definition) is 3. The fourth-order valence-electron chi connectivity index (χ4n) is 6.51. The van der Waals surface area contributed by atoms with E-state index in [0.717, 1.165) is 28.6 Å². The van der Waals surface area contributed by atoms with Crippen molar-refractivity contribution in [2.75, 3.05) is 11.9 Å². The maximum Gasteiger partial charge on any atom is 0.226 e. The molecule has 0 spiro atoms. The van der Waals surface area contributed by atoms with E-state index in [1.807, 2.05) is 54.7 Å². The van der Waals surface area contributed by atoms with E-state index in [2.05, 4.69) is 84.2 Å². The van der Waals surface area contributed by atoms with Gasteiger partial charge in [-0.2, -0.15) is 0 Å². The zero-order valence-electron chi connectivity index (χ0n) is 25.1. The van der Waals surface area contributed by atoms with E-state index in [1.54, 1.807) is 0 Å². The molecule has 1 aliphatic rings. The second-order valence-corrected chi connectivity index (χ2v) is 11.6. The van der Waals surface area contributed by atoms with Crippen molar-refractivity contribution in [3.8, 4) is 5.69 Å². The van der Waals surface area contributed by atoms with E-state index < -0.39 is 0 Å². The molecule has 2 atom stereocenters. The van der Waals surface area contributed by atoms with Crippen molar-refractivity contribution >= 4 is 39.7 Å². The average molecular weight is 588 g/mol. The fourth-order valence-corrected chi connectivity index (χ4v) is 6.84. The van der Waals surface area contributed by atoms with Gasteiger partial charge in [-0.3, -0.25) is 9.78 Å². The molecular formula is C36H37N5OS. The lowest BCUT2D eigenvalue weighted by molar-refractivity contribution is -0.116. The summed E-state index contributed by atoms with van der Waals surface area (Å²) in [5, 5.41) is 9.45. The number of hydrogen-bond donors (Lipinski definition) is 2. The highest BCUT2D eigenvalue weighted by atomic mass is 32.1. The van der Waals surface area contributed by atoms with E-state index in [1.165, 1.54) is 33.8 Å². The molecule has 0 aliphatic carbocycles. The molecule has 1 saturated heterocycles. The summed E-state index contributed by atoms with van der Waals surface area (Å²) in [4.78, 5) is 20.2. The summed E-state index contributed by atoms with van der Waals surface area (Å²) in [7, 11) is 0. The third-order valence-corrected chi connectivity index (χ3v) is 8.91. The number of carbonyl (C=O) groups excluding carboxylic acids is 1. The lowest BCUT2D eigenvalue weighted by atomic mass is 9.96. The molecule has 1 aliphatic heterocycles. The van der Waals surface area contributed by atoms with Gasteiger partial charge in [-0.25, -0.2) is 0 Å². The number of nitrogens with one attached hydrogen (secondary N) is 2. The quantitative estimate of drug-likeness (QED) is 0.184. The van der Waals surface area contributed by atoms with Crippen LogP contribution in [0.2, 0.25) is 0 Å². The molecule has 43 heavy (non-hydrogen) atoms. The van der Waals surface area contributed by atoms with E-state index in [4.69, 9.17) is 17.2 Å². The Balaban J connectivity index is 1.34. The van der Waals surface area contributed by atoms with E-state index in [9.17, 15) is 4.79 Å². The highest BCUT2D eigenvalue weighted by Gasteiger charge is 2.41. The summed E-state index contributed by atoms with van der Waals surface area (Å²) in [6.45, 7) is 9.22. The van der Waals surface area contributed by atoms with Crippen molar-refractivity contribution in [1.82, 2.24) is 19.8 Å². The van der Waals surface area contributed by atoms with Crippen LogP contribution in [-0.2, 0) is 11.2 Å². The van der Waals surface area contributed by atoms with Gasteiger partial charge in [0.1, 0.15) is 0 Å². The molecule has 0 saturated carbocycles. The Kier molecular flexibility index (Phi) is 8.00. The second-order valence-electron chi connectivity index (χ2n) is 11.2. The van der Waals surface area contributed by atoms with Crippen LogP contribution in [0, 0.1) is 20.8 Å². The maximum atomic E-state index is 13.3. The Bertz CT molecular complexity index is 1810. The zero-order chi connectivity index (χ0) is 30.1. The minimum Gasteiger partial charge on any atom is -0.352 e. The number of fused-ring (bicyclic) bond motifs is 1. The first-order valence-corrected chi connectivity index (χ1v) is 15.3. The lowest BCUT2D eigenvalue weighted by Gasteiger charge is -2.28. The maximum absolute atomic E-state index is 13.3. The monoisotopic (exact) mass is 587 g/mol. The van der Waals surface area contributed by atoms with Gasteiger partial charge in [0, 0.05) is 41.6 Å². The SMILES string of the molecule is CCc1cccc(C)c1-n1c(C)cc([C@@H]2[C@H](c3ccccn3)NC(=S)N2CCC(=O)Nc2cccc3ccccc23)c1C. The topological polar surface area (TPSA) is 62.2 Å². The first-order chi connectivity index (χ1) is 20.9. The summed E-state index contributed by atoms with van der Waals surface area (Å²) in [5.74, 6) is -0.0443. The van der Waals surface area contributed by atoms with Crippen LogP contribution in [0.25, 0.3) is 16.5 Å². The normalized spacial score (nSPS) is 16.5. The van der Waals surface area contributed by atoms with E-state index in [0.29, 0.717) is 18.1 Å². The number of aryl methyl sites for hydroxylation is 3. The molecule has 0 radical (unpaired) electrons. The molecule has 6 nitrogen and oxygen atoms in total. The van der Waals surface area contributed by atoms with Gasteiger partial charge in [0.15, 0.2) is 5.11 Å². The molecule has 3 aromatic carbocycles. The highest BCUT2D eigenvalue weighted by Crippen LogP contribution is 2.42. The summed E-state index contributed by atoms with van der Waals surface area (Å²) in [6.07, 6.45) is 3.07. The summed E-state index contributed by atoms with van der Waals surface area (Å²) in [5.41, 5.74) is 9.07. The van der Waals surface area contributed by atoms with Crippen LogP contribution in [0.4, 0.5) is 5.69 Å². The molecule has 1 fully saturated rings. The number of anilines is 1. The largest absolute Gasteiger partial charge is 0.352 e. The summed E-state index contributed by atoms with van der Waals surface area (Å²) in [6, 6.07) is 28.6. The average Bonchev–Trinajstić information content (AvgIpc) is 3.50. The number of thiocarbonyl (C=S) groups is 1. The van der Waals surface area contributed by atoms with Gasteiger partial charge in [0.05, 0.1) is 23.5 Å². The number of amides is 1. The Morgan fingerprint density at radius 1 is 0.977 bits per heavy atom. The molecule has 6 rings (SSSR count). The molecule has 2 N–H and O–H groups in total. The minimum atomic E-state index is -0.147. The second kappa shape index (κ2) is 12.0. The molecular weight excluding hydrogens is 550 g/mol. The molecule has 2 aromatic heterocycles. The number of benzene rings is 3. The summed E-state index contributed by atoms with van der Waals surface area (Å²) >= 11 is 5.92. The van der Waals surface area contributed by atoms with Crippen LogP contribution in [0.1, 0.15) is 59.2 Å². The van der Waals surface area contributed by atoms with Gasteiger partial charge in [-0.1, -0.05) is 67.6 Å². The van der Waals surface area contributed by atoms with Crippen LogP contribution in [0.5, 0.6) is 0 Å². The summed E-state index contributed by atoms with van der Waals surface area (Å²) < 4.78 is 2.38. The van der Waals surface area contributed by atoms with Crippen molar-refractivity contribution in [2.45, 2.75) is 52.6 Å². The number of pyridine rings is 1. The predicted molar refractivity (Wildman–Crippen MR) is 179 cm³/mol. The number of nitrogens with zero attached hydrogens (tertiary/aromatic N) is 3.